The summed E-state index contributed by atoms with van der Waals surface area (Å²) in [7, 11) is 0. The molecule has 20 rings (SSSR count). The number of fused-ring (bicyclic) bond motifs is 9. The zero-order chi connectivity index (χ0) is 72.9. The van der Waals surface area contributed by atoms with E-state index < -0.39 is 5.41 Å². The van der Waals surface area contributed by atoms with E-state index in [1.54, 1.807) is 0 Å². The van der Waals surface area contributed by atoms with Crippen LogP contribution in [-0.4, -0.2) is 29.9 Å². The minimum absolute atomic E-state index is 0.122. The summed E-state index contributed by atoms with van der Waals surface area (Å²) < 4.78 is 7.35. The Balaban J connectivity index is 0.761. The normalized spacial score (nSPS) is 12.9. The maximum Gasteiger partial charge on any atom is 0.164 e. The summed E-state index contributed by atoms with van der Waals surface area (Å²) in [6.07, 6.45) is 0. The molecule has 0 amide bonds. The highest BCUT2D eigenvalue weighted by Crippen LogP contribution is 2.57. The number of nitrogens with zero attached hydrogens (tertiary/aromatic N) is 6. The first-order valence-corrected chi connectivity index (χ1v) is 37.3. The van der Waals surface area contributed by atoms with E-state index in [4.69, 9.17) is 34.3 Å². The molecule has 0 unspecified atom stereocenters. The second kappa shape index (κ2) is 26.0. The molecule has 2 aliphatic carbocycles. The van der Waals surface area contributed by atoms with E-state index in [-0.39, 0.29) is 5.41 Å². The molecule has 0 bridgehead atoms. The van der Waals surface area contributed by atoms with Crippen molar-refractivity contribution in [2.45, 2.75) is 38.5 Å². The lowest BCUT2D eigenvalue weighted by Crippen LogP contribution is -2.16. The van der Waals surface area contributed by atoms with Gasteiger partial charge >= 0.3 is 0 Å². The third kappa shape index (κ3) is 11.2. The Hall–Kier alpha value is -13.9. The first-order chi connectivity index (χ1) is 53.5. The van der Waals surface area contributed by atoms with E-state index in [2.05, 4.69) is 367 Å². The quantitative estimate of drug-likeness (QED) is 0.114. The fourth-order valence-corrected chi connectivity index (χ4v) is 17.0. The van der Waals surface area contributed by atoms with Crippen LogP contribution in [0.25, 0.3) is 190 Å². The predicted molar refractivity (Wildman–Crippen MR) is 446 cm³/mol. The average Bonchev–Trinajstić information content (AvgIpc) is 1.64. The van der Waals surface area contributed by atoms with Gasteiger partial charge in [0, 0.05) is 60.5 Å². The lowest BCUT2D eigenvalue weighted by molar-refractivity contribution is 0.659. The highest BCUT2D eigenvalue weighted by Gasteiger charge is 2.41. The number of benzene rings is 15. The molecule has 15 aromatic carbocycles. The molecule has 514 valence electrons. The van der Waals surface area contributed by atoms with Crippen molar-refractivity contribution in [2.75, 3.05) is 0 Å². The van der Waals surface area contributed by atoms with Crippen molar-refractivity contribution in [3.8, 4) is 168 Å². The molecule has 0 fully saturated rings. The SMILES string of the molecule is CC1(C)c2ccccc2-c2c(-c3ccc(-c4nc(-c5cccc(-c6ccccc6)c5)nc(-c5cc(-c6ccccc6)cc(-c6ccc(-c7ccc(-c8nc(-c9cccc(-c%10ccccc%10)c9)nc(-c9cccc(-c%10ccccc%10)c9)n8)c8c7C(C)(C)c7ccccc7-8)c7oc8ccccc8c67)c5)n4)cc3)cccc21. The van der Waals surface area contributed by atoms with Crippen LogP contribution >= 0.6 is 0 Å². The summed E-state index contributed by atoms with van der Waals surface area (Å²) in [5.41, 5.74) is 31.2. The van der Waals surface area contributed by atoms with Crippen LogP contribution in [0.2, 0.25) is 0 Å². The Morgan fingerprint density at radius 3 is 1.15 bits per heavy atom. The summed E-state index contributed by atoms with van der Waals surface area (Å²) in [6, 6.07) is 125. The lowest BCUT2D eigenvalue weighted by atomic mass is 9.78. The molecular weight excluding hydrogens is 1330 g/mol. The molecule has 18 aromatic rings. The Morgan fingerprint density at radius 1 is 0.211 bits per heavy atom. The Labute approximate surface area is 633 Å². The van der Waals surface area contributed by atoms with Crippen LogP contribution in [0.1, 0.15) is 49.9 Å². The minimum Gasteiger partial charge on any atom is -0.455 e. The first-order valence-electron chi connectivity index (χ1n) is 37.3. The molecule has 0 saturated heterocycles. The standard InChI is InChI=1S/C102H70N6O/c1-101(2)86-45-20-17-41-82(86)90-78(44-26-47-88(90)101)67-49-51-68(52-50-67)95-103-96(72-38-23-35-69(57-72)63-27-9-5-10-28-63)106-99(104-95)77-61-75(66-33-15-8-16-34-66)60-76(62-77)79-53-55-81(94-92(79)84-43-19-22-48-89(84)109-94)80-54-56-85(91-83-42-18-21-46-87(83)102(3,4)93(80)91)100-107-97(73-39-24-36-70(58-73)64-29-11-6-12-30-64)105-98(108-100)74-40-25-37-71(59-74)65-31-13-7-14-32-65/h5-62H,1-4H3. The van der Waals surface area contributed by atoms with E-state index in [9.17, 15) is 0 Å². The molecular formula is C102H70N6O. The van der Waals surface area contributed by atoms with Crippen molar-refractivity contribution in [2.24, 2.45) is 0 Å². The molecule has 0 N–H and O–H groups in total. The van der Waals surface area contributed by atoms with Crippen molar-refractivity contribution >= 4 is 21.9 Å². The Kier molecular flexibility index (Phi) is 15.4. The molecule has 0 aliphatic heterocycles. The van der Waals surface area contributed by atoms with E-state index >= 15 is 0 Å². The van der Waals surface area contributed by atoms with Crippen LogP contribution in [-0.2, 0) is 10.8 Å². The number of hydrogen-bond acceptors (Lipinski definition) is 7. The summed E-state index contributed by atoms with van der Waals surface area (Å²) in [5, 5.41) is 2.01. The lowest BCUT2D eigenvalue weighted by Gasteiger charge is -2.25. The van der Waals surface area contributed by atoms with Gasteiger partial charge in [0.25, 0.3) is 0 Å². The smallest absolute Gasteiger partial charge is 0.164 e. The van der Waals surface area contributed by atoms with Gasteiger partial charge in [-0.2, -0.15) is 0 Å². The van der Waals surface area contributed by atoms with Crippen molar-refractivity contribution in [3.05, 3.63) is 374 Å². The van der Waals surface area contributed by atoms with Gasteiger partial charge in [0.05, 0.1) is 0 Å². The van der Waals surface area contributed by atoms with Gasteiger partial charge in [-0.05, 0) is 171 Å². The molecule has 3 heterocycles. The predicted octanol–water partition coefficient (Wildman–Crippen LogP) is 26.2. The number of aromatic nitrogens is 6. The minimum atomic E-state index is -0.487. The zero-order valence-corrected chi connectivity index (χ0v) is 60.6. The fraction of sp³-hybridized carbons (Fsp3) is 0.0588. The number of hydrogen-bond donors (Lipinski definition) is 0. The summed E-state index contributed by atoms with van der Waals surface area (Å²) in [5.74, 6) is 3.45. The molecule has 2 aliphatic rings. The second-order valence-electron chi connectivity index (χ2n) is 29.6. The molecule has 7 heteroatoms. The fourth-order valence-electron chi connectivity index (χ4n) is 17.0. The van der Waals surface area contributed by atoms with Crippen LogP contribution in [0, 0.1) is 0 Å². The topological polar surface area (TPSA) is 90.5 Å². The number of furan rings is 1. The third-order valence-electron chi connectivity index (χ3n) is 22.4. The maximum atomic E-state index is 7.35. The summed E-state index contributed by atoms with van der Waals surface area (Å²) in [6.45, 7) is 9.37. The maximum absolute atomic E-state index is 7.35. The van der Waals surface area contributed by atoms with Crippen molar-refractivity contribution in [3.63, 3.8) is 0 Å². The molecule has 0 spiro atoms. The van der Waals surface area contributed by atoms with E-state index in [1.807, 2.05) is 12.1 Å². The van der Waals surface area contributed by atoms with Crippen LogP contribution in [0.4, 0.5) is 0 Å². The molecule has 3 aromatic heterocycles. The molecule has 109 heavy (non-hydrogen) atoms. The van der Waals surface area contributed by atoms with Crippen LogP contribution in [0.3, 0.4) is 0 Å². The first kappa shape index (κ1) is 64.7. The monoisotopic (exact) mass is 1390 g/mol. The second-order valence-corrected chi connectivity index (χ2v) is 29.6. The van der Waals surface area contributed by atoms with Gasteiger partial charge in [0.2, 0.25) is 0 Å². The number of para-hydroxylation sites is 1. The van der Waals surface area contributed by atoms with Gasteiger partial charge < -0.3 is 4.42 Å². The van der Waals surface area contributed by atoms with Crippen LogP contribution in [0.15, 0.2) is 356 Å². The highest BCUT2D eigenvalue weighted by atomic mass is 16.3. The van der Waals surface area contributed by atoms with Gasteiger partial charge in [-0.25, -0.2) is 29.9 Å². The third-order valence-corrected chi connectivity index (χ3v) is 22.4. The van der Waals surface area contributed by atoms with Crippen LogP contribution in [0.5, 0.6) is 0 Å². The van der Waals surface area contributed by atoms with Crippen molar-refractivity contribution < 1.29 is 4.42 Å². The molecule has 7 nitrogen and oxygen atoms in total. The Morgan fingerprint density at radius 2 is 0.578 bits per heavy atom. The van der Waals surface area contributed by atoms with Gasteiger partial charge in [0.15, 0.2) is 34.9 Å². The number of rotatable bonds is 13. The molecule has 0 atom stereocenters. The van der Waals surface area contributed by atoms with Gasteiger partial charge in [-0.1, -0.05) is 325 Å². The van der Waals surface area contributed by atoms with Crippen LogP contribution < -0.4 is 0 Å². The summed E-state index contributed by atoms with van der Waals surface area (Å²) >= 11 is 0. The van der Waals surface area contributed by atoms with E-state index in [1.165, 1.54) is 38.9 Å². The largest absolute Gasteiger partial charge is 0.455 e. The van der Waals surface area contributed by atoms with E-state index in [0.717, 1.165) is 139 Å². The van der Waals surface area contributed by atoms with Crippen molar-refractivity contribution in [1.82, 2.24) is 29.9 Å². The van der Waals surface area contributed by atoms with E-state index in [0.29, 0.717) is 34.9 Å². The highest BCUT2D eigenvalue weighted by molar-refractivity contribution is 6.17. The van der Waals surface area contributed by atoms with Crippen molar-refractivity contribution in [1.29, 1.82) is 0 Å². The zero-order valence-electron chi connectivity index (χ0n) is 60.6. The molecule has 0 radical (unpaired) electrons. The molecule has 0 saturated carbocycles. The Bertz CT molecular complexity index is 6540. The summed E-state index contributed by atoms with van der Waals surface area (Å²) in [4.78, 5) is 32.9. The van der Waals surface area contributed by atoms with Gasteiger partial charge in [-0.15, -0.1) is 0 Å². The van der Waals surface area contributed by atoms with Gasteiger partial charge in [0.1, 0.15) is 11.2 Å². The average molecular weight is 1400 g/mol. The van der Waals surface area contributed by atoms with Gasteiger partial charge in [-0.3, -0.25) is 0 Å².